The smallest absolute Gasteiger partial charge is 0.322 e. The molecule has 1 aromatic rings. The van der Waals surface area contributed by atoms with Crippen LogP contribution in [0.25, 0.3) is 0 Å². The number of nitrogens with one attached hydrogen (secondary N) is 2. The lowest BCUT2D eigenvalue weighted by molar-refractivity contribution is -0.142. The van der Waals surface area contributed by atoms with Crippen LogP contribution < -0.4 is 20.1 Å². The molecule has 1 aromatic carbocycles. The van der Waals surface area contributed by atoms with Crippen LogP contribution in [-0.2, 0) is 9.59 Å². The summed E-state index contributed by atoms with van der Waals surface area (Å²) in [5.74, 6) is 1.15. The minimum atomic E-state index is -0.552. The Labute approximate surface area is 183 Å². The van der Waals surface area contributed by atoms with Crippen molar-refractivity contribution in [3.05, 3.63) is 18.2 Å². The van der Waals surface area contributed by atoms with Crippen molar-refractivity contribution >= 4 is 23.5 Å². The molecule has 0 spiro atoms. The van der Waals surface area contributed by atoms with Crippen molar-refractivity contribution in [2.24, 2.45) is 5.92 Å². The highest BCUT2D eigenvalue weighted by Gasteiger charge is 2.47. The summed E-state index contributed by atoms with van der Waals surface area (Å²) >= 11 is 0. The van der Waals surface area contributed by atoms with Crippen molar-refractivity contribution in [3.8, 4) is 11.5 Å². The molecular weight excluding hydrogens is 400 g/mol. The lowest BCUT2D eigenvalue weighted by atomic mass is 9.97. The van der Waals surface area contributed by atoms with Crippen LogP contribution >= 0.6 is 0 Å². The summed E-state index contributed by atoms with van der Waals surface area (Å²) in [5.41, 5.74) is 0.479. The van der Waals surface area contributed by atoms with E-state index in [4.69, 9.17) is 9.47 Å². The van der Waals surface area contributed by atoms with Crippen molar-refractivity contribution in [3.63, 3.8) is 0 Å². The number of carbonyl (C=O) groups excluding carboxylic acids is 3. The van der Waals surface area contributed by atoms with Gasteiger partial charge in [0.2, 0.25) is 11.8 Å². The lowest BCUT2D eigenvalue weighted by Gasteiger charge is -2.43. The van der Waals surface area contributed by atoms with Gasteiger partial charge < -0.3 is 29.9 Å². The summed E-state index contributed by atoms with van der Waals surface area (Å²) < 4.78 is 10.6. The van der Waals surface area contributed by atoms with Gasteiger partial charge in [0.25, 0.3) is 0 Å². The van der Waals surface area contributed by atoms with E-state index in [9.17, 15) is 14.4 Å². The topological polar surface area (TPSA) is 100 Å². The Balaban J connectivity index is 1.83. The van der Waals surface area contributed by atoms with Gasteiger partial charge in [-0.05, 0) is 30.9 Å². The molecular formula is C22H32N4O5. The molecule has 2 aliphatic rings. The van der Waals surface area contributed by atoms with E-state index in [0.29, 0.717) is 43.1 Å². The number of anilines is 1. The fourth-order valence-electron chi connectivity index (χ4n) is 4.43. The molecule has 3 atom stereocenters. The van der Waals surface area contributed by atoms with Crippen molar-refractivity contribution < 1.29 is 23.9 Å². The summed E-state index contributed by atoms with van der Waals surface area (Å²) in [7, 11) is 3.08. The van der Waals surface area contributed by atoms with Gasteiger partial charge in [-0.2, -0.15) is 0 Å². The molecule has 2 N–H and O–H groups in total. The maximum Gasteiger partial charge on any atom is 0.322 e. The van der Waals surface area contributed by atoms with E-state index in [2.05, 4.69) is 10.6 Å². The number of rotatable bonds is 6. The molecule has 2 saturated heterocycles. The molecule has 2 aliphatic heterocycles. The van der Waals surface area contributed by atoms with Crippen molar-refractivity contribution in [2.45, 2.75) is 51.7 Å². The number of benzene rings is 1. The number of fused-ring (bicyclic) bond motifs is 1. The van der Waals surface area contributed by atoms with Gasteiger partial charge in [0.15, 0.2) is 0 Å². The molecule has 3 rings (SSSR count). The van der Waals surface area contributed by atoms with Gasteiger partial charge in [-0.3, -0.25) is 9.59 Å². The SMILES string of the molecule is COc1ccc(OC)c(NC(=O)N2C[C@@H]3C[C@H](NC(C)=O)CN3C(=O)[C@@H]2CC(C)C)c1. The van der Waals surface area contributed by atoms with Crippen LogP contribution in [0.1, 0.15) is 33.6 Å². The Morgan fingerprint density at radius 2 is 1.94 bits per heavy atom. The highest BCUT2D eigenvalue weighted by molar-refractivity contribution is 5.96. The second kappa shape index (κ2) is 9.45. The fraction of sp³-hybridized carbons (Fsp3) is 0.591. The summed E-state index contributed by atoms with van der Waals surface area (Å²) in [6.45, 7) is 6.44. The number of urea groups is 1. The van der Waals surface area contributed by atoms with Crippen LogP contribution in [0.5, 0.6) is 11.5 Å². The Bertz CT molecular complexity index is 843. The summed E-state index contributed by atoms with van der Waals surface area (Å²) in [4.78, 5) is 41.5. The Kier molecular flexibility index (Phi) is 6.92. The van der Waals surface area contributed by atoms with Crippen molar-refractivity contribution in [2.75, 3.05) is 32.6 Å². The predicted octanol–water partition coefficient (Wildman–Crippen LogP) is 2.07. The molecule has 9 nitrogen and oxygen atoms in total. The summed E-state index contributed by atoms with van der Waals surface area (Å²) in [6.07, 6.45) is 1.20. The minimum absolute atomic E-state index is 0.0643. The molecule has 0 radical (unpaired) electrons. The van der Waals surface area contributed by atoms with E-state index in [1.165, 1.54) is 14.0 Å². The van der Waals surface area contributed by atoms with Crippen LogP contribution in [0, 0.1) is 5.92 Å². The first-order valence-corrected chi connectivity index (χ1v) is 10.6. The van der Waals surface area contributed by atoms with Gasteiger partial charge in [-0.1, -0.05) is 13.8 Å². The zero-order valence-corrected chi connectivity index (χ0v) is 18.8. The average molecular weight is 433 g/mol. The van der Waals surface area contributed by atoms with Crippen molar-refractivity contribution in [1.82, 2.24) is 15.1 Å². The molecule has 9 heteroatoms. The van der Waals surface area contributed by atoms with Crippen LogP contribution in [0.3, 0.4) is 0 Å². The highest BCUT2D eigenvalue weighted by Crippen LogP contribution is 2.32. The molecule has 0 aromatic heterocycles. The number of carbonyl (C=O) groups is 3. The maximum atomic E-state index is 13.3. The normalized spacial score (nSPS) is 22.9. The number of amides is 4. The van der Waals surface area contributed by atoms with Gasteiger partial charge in [-0.25, -0.2) is 4.79 Å². The van der Waals surface area contributed by atoms with E-state index < -0.39 is 6.04 Å². The monoisotopic (exact) mass is 432 g/mol. The number of hydrogen-bond donors (Lipinski definition) is 2. The second-order valence-electron chi connectivity index (χ2n) is 8.57. The molecule has 0 unspecified atom stereocenters. The Hall–Kier alpha value is -2.97. The lowest BCUT2D eigenvalue weighted by Crippen LogP contribution is -2.62. The maximum absolute atomic E-state index is 13.3. The van der Waals surface area contributed by atoms with Crippen LogP contribution in [0.2, 0.25) is 0 Å². The molecule has 4 amide bonds. The van der Waals surface area contributed by atoms with Crippen LogP contribution in [0.4, 0.5) is 10.5 Å². The van der Waals surface area contributed by atoms with E-state index in [1.54, 1.807) is 30.2 Å². The molecule has 31 heavy (non-hydrogen) atoms. The van der Waals surface area contributed by atoms with Crippen molar-refractivity contribution in [1.29, 1.82) is 0 Å². The number of ether oxygens (including phenoxy) is 2. The average Bonchev–Trinajstić information content (AvgIpc) is 3.11. The standard InChI is InChI=1S/C22H32N4O5/c1-13(2)8-19-21(28)25-11-15(23-14(3)27)9-16(25)12-26(19)22(29)24-18-10-17(30-4)6-7-20(18)31-5/h6-7,10,13,15-16,19H,8-9,11-12H2,1-5H3,(H,23,27)(H,24,29)/t15-,16-,19-/m0/s1. The van der Waals surface area contributed by atoms with Crippen LogP contribution in [-0.4, -0.2) is 73.1 Å². The number of piperazine rings is 1. The fourth-order valence-corrected chi connectivity index (χ4v) is 4.43. The molecule has 2 fully saturated rings. The molecule has 2 heterocycles. The third kappa shape index (κ3) is 5.03. The van der Waals surface area contributed by atoms with E-state index in [-0.39, 0.29) is 35.8 Å². The first-order valence-electron chi connectivity index (χ1n) is 10.6. The first-order chi connectivity index (χ1) is 14.7. The molecule has 0 aliphatic carbocycles. The van der Waals surface area contributed by atoms with Gasteiger partial charge in [0.1, 0.15) is 17.5 Å². The third-order valence-corrected chi connectivity index (χ3v) is 5.78. The molecule has 170 valence electrons. The third-order valence-electron chi connectivity index (χ3n) is 5.78. The predicted molar refractivity (Wildman–Crippen MR) is 116 cm³/mol. The van der Waals surface area contributed by atoms with Gasteiger partial charge in [0, 0.05) is 32.1 Å². The second-order valence-corrected chi connectivity index (χ2v) is 8.57. The Morgan fingerprint density at radius 3 is 2.55 bits per heavy atom. The largest absolute Gasteiger partial charge is 0.497 e. The quantitative estimate of drug-likeness (QED) is 0.717. The minimum Gasteiger partial charge on any atom is -0.497 e. The Morgan fingerprint density at radius 1 is 1.19 bits per heavy atom. The summed E-state index contributed by atoms with van der Waals surface area (Å²) in [5, 5.41) is 5.80. The summed E-state index contributed by atoms with van der Waals surface area (Å²) in [6, 6.07) is 4.04. The van der Waals surface area contributed by atoms with E-state index in [0.717, 1.165) is 0 Å². The van der Waals surface area contributed by atoms with E-state index >= 15 is 0 Å². The zero-order chi connectivity index (χ0) is 22.7. The number of nitrogens with zero attached hydrogens (tertiary/aromatic N) is 2. The van der Waals surface area contributed by atoms with Gasteiger partial charge in [0.05, 0.1) is 25.9 Å². The number of methoxy groups -OCH3 is 2. The molecule has 0 bridgehead atoms. The van der Waals surface area contributed by atoms with Gasteiger partial charge >= 0.3 is 6.03 Å². The first kappa shape index (κ1) is 22.7. The van der Waals surface area contributed by atoms with E-state index in [1.807, 2.05) is 18.7 Å². The number of hydrogen-bond acceptors (Lipinski definition) is 5. The highest BCUT2D eigenvalue weighted by atomic mass is 16.5. The van der Waals surface area contributed by atoms with Gasteiger partial charge in [-0.15, -0.1) is 0 Å². The zero-order valence-electron chi connectivity index (χ0n) is 18.8. The molecule has 0 saturated carbocycles. The van der Waals surface area contributed by atoms with Crippen LogP contribution in [0.15, 0.2) is 18.2 Å².